The number of pyridine rings is 1. The number of hydrogen-bond donors (Lipinski definition) is 2. The number of rotatable bonds is 5. The number of nitrogens with two attached hydrogens (primary N) is 1. The summed E-state index contributed by atoms with van der Waals surface area (Å²) in [6, 6.07) is 13.6. The lowest BCUT2D eigenvalue weighted by molar-refractivity contribution is 0.417. The Bertz CT molecular complexity index is 927. The Morgan fingerprint density at radius 1 is 0.929 bits per heavy atom. The van der Waals surface area contributed by atoms with E-state index < -0.39 is 0 Å². The molecule has 0 saturated carbocycles. The maximum Gasteiger partial charge on any atom is 0.159 e. The van der Waals surface area contributed by atoms with Gasteiger partial charge >= 0.3 is 0 Å². The standard InChI is InChI=1S/C20H23N7O/c1-28-16-7-3-2-6-15(16)25-19-18(21)20(24-14-23-19)27-12-10-26(11-13-27)17-8-4-5-9-22-17/h2-9,14H,10-13,21H2,1H3,(H,23,24,25). The van der Waals surface area contributed by atoms with Gasteiger partial charge in [-0.15, -0.1) is 0 Å². The van der Waals surface area contributed by atoms with Crippen molar-refractivity contribution < 1.29 is 4.74 Å². The Morgan fingerprint density at radius 3 is 2.43 bits per heavy atom. The molecule has 1 aliphatic rings. The van der Waals surface area contributed by atoms with E-state index in [0.717, 1.165) is 49.3 Å². The van der Waals surface area contributed by atoms with Crippen LogP contribution in [0.3, 0.4) is 0 Å². The van der Waals surface area contributed by atoms with Gasteiger partial charge in [0.2, 0.25) is 0 Å². The van der Waals surface area contributed by atoms with Crippen molar-refractivity contribution in [3.8, 4) is 5.75 Å². The minimum atomic E-state index is 0.527. The molecule has 0 amide bonds. The van der Waals surface area contributed by atoms with Crippen LogP contribution in [0.2, 0.25) is 0 Å². The predicted octanol–water partition coefficient (Wildman–Crippen LogP) is 2.53. The van der Waals surface area contributed by atoms with E-state index in [1.807, 2.05) is 48.7 Å². The molecule has 0 bridgehead atoms. The highest BCUT2D eigenvalue weighted by Gasteiger charge is 2.22. The molecule has 144 valence electrons. The smallest absolute Gasteiger partial charge is 0.159 e. The highest BCUT2D eigenvalue weighted by Crippen LogP contribution is 2.32. The molecule has 2 aromatic heterocycles. The fraction of sp³-hybridized carbons (Fsp3) is 0.250. The summed E-state index contributed by atoms with van der Waals surface area (Å²) in [7, 11) is 1.64. The van der Waals surface area contributed by atoms with Crippen LogP contribution in [0.25, 0.3) is 0 Å². The van der Waals surface area contributed by atoms with Crippen molar-refractivity contribution in [1.29, 1.82) is 0 Å². The topological polar surface area (TPSA) is 92.4 Å². The third-order valence-electron chi connectivity index (χ3n) is 4.78. The van der Waals surface area contributed by atoms with Crippen molar-refractivity contribution in [2.45, 2.75) is 0 Å². The van der Waals surface area contributed by atoms with Gasteiger partial charge < -0.3 is 25.6 Å². The van der Waals surface area contributed by atoms with Gasteiger partial charge in [-0.1, -0.05) is 18.2 Å². The molecule has 0 unspecified atom stereocenters. The maximum atomic E-state index is 6.40. The first-order chi connectivity index (χ1) is 13.8. The van der Waals surface area contributed by atoms with E-state index in [0.29, 0.717) is 11.5 Å². The number of hydrogen-bond acceptors (Lipinski definition) is 8. The summed E-state index contributed by atoms with van der Waals surface area (Å²) < 4.78 is 5.39. The van der Waals surface area contributed by atoms with Crippen LogP contribution in [-0.2, 0) is 0 Å². The van der Waals surface area contributed by atoms with Crippen molar-refractivity contribution >= 4 is 28.8 Å². The number of anilines is 5. The van der Waals surface area contributed by atoms with Gasteiger partial charge in [-0.3, -0.25) is 0 Å². The summed E-state index contributed by atoms with van der Waals surface area (Å²) in [5.74, 6) is 3.04. The van der Waals surface area contributed by atoms with Crippen LogP contribution < -0.4 is 25.6 Å². The monoisotopic (exact) mass is 377 g/mol. The highest BCUT2D eigenvalue weighted by atomic mass is 16.5. The summed E-state index contributed by atoms with van der Waals surface area (Å²) in [6.07, 6.45) is 3.36. The molecule has 4 rings (SSSR count). The van der Waals surface area contributed by atoms with Gasteiger partial charge in [0.1, 0.15) is 23.6 Å². The molecule has 0 radical (unpaired) electrons. The minimum absolute atomic E-state index is 0.527. The number of ether oxygens (including phenoxy) is 1. The zero-order valence-corrected chi connectivity index (χ0v) is 15.7. The second kappa shape index (κ2) is 7.99. The zero-order chi connectivity index (χ0) is 19.3. The summed E-state index contributed by atoms with van der Waals surface area (Å²) in [5, 5.41) is 3.26. The van der Waals surface area contributed by atoms with Crippen LogP contribution in [0.1, 0.15) is 0 Å². The Hall–Kier alpha value is -3.55. The maximum absolute atomic E-state index is 6.40. The summed E-state index contributed by atoms with van der Waals surface area (Å²) in [6.45, 7) is 3.34. The molecule has 1 fully saturated rings. The molecule has 0 atom stereocenters. The number of aromatic nitrogens is 3. The molecule has 3 aromatic rings. The van der Waals surface area contributed by atoms with Crippen molar-refractivity contribution in [2.75, 3.05) is 54.1 Å². The van der Waals surface area contributed by atoms with Gasteiger partial charge in [-0.2, -0.15) is 0 Å². The van der Waals surface area contributed by atoms with Crippen molar-refractivity contribution in [3.63, 3.8) is 0 Å². The number of nitrogens with one attached hydrogen (secondary N) is 1. The number of benzene rings is 1. The Balaban J connectivity index is 1.50. The lowest BCUT2D eigenvalue weighted by Gasteiger charge is -2.36. The summed E-state index contributed by atoms with van der Waals surface area (Å²) in [4.78, 5) is 17.6. The van der Waals surface area contributed by atoms with Gasteiger partial charge in [-0.25, -0.2) is 15.0 Å². The van der Waals surface area contributed by atoms with E-state index in [-0.39, 0.29) is 0 Å². The van der Waals surface area contributed by atoms with Gasteiger partial charge in [0.15, 0.2) is 11.6 Å². The lowest BCUT2D eigenvalue weighted by Crippen LogP contribution is -2.47. The fourth-order valence-electron chi connectivity index (χ4n) is 3.30. The number of methoxy groups -OCH3 is 1. The molecule has 8 nitrogen and oxygen atoms in total. The first-order valence-electron chi connectivity index (χ1n) is 9.17. The Labute approximate surface area is 164 Å². The number of para-hydroxylation sites is 2. The number of nitrogens with zero attached hydrogens (tertiary/aromatic N) is 5. The molecular formula is C20H23N7O. The molecule has 1 saturated heterocycles. The van der Waals surface area contributed by atoms with Gasteiger partial charge in [-0.05, 0) is 24.3 Å². The van der Waals surface area contributed by atoms with Crippen LogP contribution in [-0.4, -0.2) is 48.2 Å². The SMILES string of the molecule is COc1ccccc1Nc1ncnc(N2CCN(c3ccccn3)CC2)c1N. The van der Waals surface area contributed by atoms with Crippen LogP contribution in [0.4, 0.5) is 28.8 Å². The first kappa shape index (κ1) is 17.8. The van der Waals surface area contributed by atoms with Gasteiger partial charge in [0.05, 0.1) is 12.8 Å². The highest BCUT2D eigenvalue weighted by molar-refractivity contribution is 5.79. The van der Waals surface area contributed by atoms with Crippen molar-refractivity contribution in [3.05, 3.63) is 55.0 Å². The molecule has 8 heteroatoms. The molecule has 1 aromatic carbocycles. The number of nitrogen functional groups attached to an aromatic ring is 1. The van der Waals surface area contributed by atoms with Crippen LogP contribution in [0.15, 0.2) is 55.0 Å². The molecule has 3 N–H and O–H groups in total. The second-order valence-electron chi connectivity index (χ2n) is 6.45. The lowest BCUT2D eigenvalue weighted by atomic mass is 10.2. The molecule has 3 heterocycles. The van der Waals surface area contributed by atoms with E-state index >= 15 is 0 Å². The van der Waals surface area contributed by atoms with E-state index in [4.69, 9.17) is 10.5 Å². The average molecular weight is 377 g/mol. The summed E-state index contributed by atoms with van der Waals surface area (Å²) in [5.41, 5.74) is 7.74. The van der Waals surface area contributed by atoms with Crippen molar-refractivity contribution in [1.82, 2.24) is 15.0 Å². The number of piperazine rings is 1. The third-order valence-corrected chi connectivity index (χ3v) is 4.78. The van der Waals surface area contributed by atoms with Gasteiger partial charge in [0.25, 0.3) is 0 Å². The minimum Gasteiger partial charge on any atom is -0.495 e. The molecule has 0 spiro atoms. The normalized spacial score (nSPS) is 14.0. The Kier molecular flexibility index (Phi) is 5.09. The van der Waals surface area contributed by atoms with E-state index in [1.54, 1.807) is 7.11 Å². The quantitative estimate of drug-likeness (QED) is 0.701. The fourth-order valence-corrected chi connectivity index (χ4v) is 3.30. The molecular weight excluding hydrogens is 354 g/mol. The van der Waals surface area contributed by atoms with Crippen LogP contribution in [0, 0.1) is 0 Å². The first-order valence-corrected chi connectivity index (χ1v) is 9.17. The predicted molar refractivity (Wildman–Crippen MR) is 111 cm³/mol. The van der Waals surface area contributed by atoms with Crippen LogP contribution >= 0.6 is 0 Å². The molecule has 28 heavy (non-hydrogen) atoms. The Morgan fingerprint density at radius 2 is 1.68 bits per heavy atom. The molecule has 1 aliphatic heterocycles. The third kappa shape index (κ3) is 3.62. The van der Waals surface area contributed by atoms with Gasteiger partial charge in [0, 0.05) is 32.4 Å². The van der Waals surface area contributed by atoms with E-state index in [1.165, 1.54) is 6.33 Å². The summed E-state index contributed by atoms with van der Waals surface area (Å²) >= 11 is 0. The van der Waals surface area contributed by atoms with E-state index in [2.05, 4.69) is 30.1 Å². The van der Waals surface area contributed by atoms with E-state index in [9.17, 15) is 0 Å². The largest absolute Gasteiger partial charge is 0.495 e. The molecule has 0 aliphatic carbocycles. The van der Waals surface area contributed by atoms with Crippen LogP contribution in [0.5, 0.6) is 5.75 Å². The zero-order valence-electron chi connectivity index (χ0n) is 15.7. The van der Waals surface area contributed by atoms with Crippen molar-refractivity contribution in [2.24, 2.45) is 0 Å². The average Bonchev–Trinajstić information content (AvgIpc) is 2.76. The second-order valence-corrected chi connectivity index (χ2v) is 6.45.